The first-order valence-electron chi connectivity index (χ1n) is 18.3. The van der Waals surface area contributed by atoms with Gasteiger partial charge in [0.15, 0.2) is 0 Å². The molecule has 17 unspecified atom stereocenters. The Bertz CT molecular complexity index is 849. The van der Waals surface area contributed by atoms with Gasteiger partial charge in [-0.1, -0.05) is 51.4 Å². The van der Waals surface area contributed by atoms with Crippen LogP contribution in [-0.4, -0.2) is 112 Å². The van der Waals surface area contributed by atoms with Gasteiger partial charge in [0, 0.05) is 6.17 Å². The van der Waals surface area contributed by atoms with Crippen LogP contribution in [0.3, 0.4) is 0 Å². The fourth-order valence-electron chi connectivity index (χ4n) is 11.7. The van der Waals surface area contributed by atoms with Crippen LogP contribution >= 0.6 is 10.1 Å². The molecular weight excluding hydrogens is 813 g/mol. The van der Waals surface area contributed by atoms with Crippen molar-refractivity contribution in [1.82, 2.24) is 42.5 Å². The molecule has 9 fully saturated rings. The zero-order chi connectivity index (χ0) is 31.8. The maximum Gasteiger partial charge on any atom is -1.00 e. The third kappa shape index (κ3) is 8.44. The summed E-state index contributed by atoms with van der Waals surface area (Å²) in [5.41, 5.74) is 0. The van der Waals surface area contributed by atoms with Crippen molar-refractivity contribution >= 4 is 70.3 Å². The summed E-state index contributed by atoms with van der Waals surface area (Å²) in [6.07, 6.45) is 26.4. The number of nitrogens with one attached hydrogen (secondary N) is 8. The third-order valence-corrected chi connectivity index (χ3v) is 13.6. The first-order chi connectivity index (χ1) is 22.5. The van der Waals surface area contributed by atoms with Gasteiger partial charge >= 0.3 is 74.1 Å². The van der Waals surface area contributed by atoms with E-state index in [1.165, 1.54) is 96.3 Å². The summed E-state index contributed by atoms with van der Waals surface area (Å²) in [5.74, 6) is 5.74. The average Bonchev–Trinajstić information content (AvgIpc) is 3.81. The molecule has 0 aromatic rings. The largest absolute Gasteiger partial charge is 1.00 e. The maximum absolute atomic E-state index is 8.56. The van der Waals surface area contributed by atoms with E-state index in [1.54, 1.807) is 0 Å². The molecular formula is C32H58BaClCuN8O3S-. The second kappa shape index (κ2) is 18.0. The quantitative estimate of drug-likeness (QED) is 0.100. The van der Waals surface area contributed by atoms with Gasteiger partial charge in [-0.05, 0) is 80.0 Å². The zero-order valence-corrected chi connectivity index (χ0v) is 34.4. The molecule has 0 radical (unpaired) electrons. The molecule has 4 saturated carbocycles. The summed E-state index contributed by atoms with van der Waals surface area (Å²) in [4.78, 5) is 0. The SMILES string of the molecule is O=S([O-])O.[Ba+2].[CH-]1CCCC2C3NC(NC4NC(NC5NC(NC6NC(N3)C3CCCCC63)C3CCCCC53)C3CCCCC43)C12.[Cl][Cu+].[H-].[H-]. The van der Waals surface area contributed by atoms with Crippen LogP contribution in [0.15, 0.2) is 0 Å². The minimum Gasteiger partial charge on any atom is -1.00 e. The molecule has 271 valence electrons. The summed E-state index contributed by atoms with van der Waals surface area (Å²) in [5, 5.41) is 33.7. The normalized spacial score (nSPS) is 50.5. The molecule has 5 aliphatic heterocycles. The zero-order valence-electron chi connectivity index (χ0n) is 29.5. The van der Waals surface area contributed by atoms with Crippen molar-refractivity contribution in [3.8, 4) is 0 Å². The second-order valence-corrected chi connectivity index (χ2v) is 16.1. The van der Waals surface area contributed by atoms with Crippen molar-refractivity contribution in [1.29, 1.82) is 0 Å². The van der Waals surface area contributed by atoms with Gasteiger partial charge in [-0.3, -0.25) is 42.5 Å². The van der Waals surface area contributed by atoms with E-state index in [4.69, 9.17) is 13.3 Å². The van der Waals surface area contributed by atoms with Gasteiger partial charge in [0.05, 0.1) is 54.5 Å². The Morgan fingerprint density at radius 2 is 0.766 bits per heavy atom. The van der Waals surface area contributed by atoms with Gasteiger partial charge in [0.25, 0.3) is 0 Å². The Labute approximate surface area is 340 Å². The van der Waals surface area contributed by atoms with Gasteiger partial charge in [0.2, 0.25) is 0 Å². The van der Waals surface area contributed by atoms with Gasteiger partial charge in [-0.25, -0.2) is 4.21 Å². The van der Waals surface area contributed by atoms with E-state index < -0.39 is 11.4 Å². The van der Waals surface area contributed by atoms with Crippen LogP contribution in [-0.2, 0) is 26.5 Å². The van der Waals surface area contributed by atoms with E-state index in [1.807, 2.05) is 0 Å². The summed E-state index contributed by atoms with van der Waals surface area (Å²) in [6, 6.07) is 0. The standard InChI is InChI=1S/C32H55N8.Ba.ClH.Cu.H2O3S.2H/c1-2-10-18-17(9-1)25-33-26(18)38-28-21-13-5-6-14-22(21)30(35-28)40-32-24-16-8-7-15-23(24)31(36-32)39-29-20-12-4-3-11-19(20)27(34-29)37-25;;;;1-4(2)3;;/h9,17-40H,1-8,10-16H2;;1H;;(H2,1,2,3);;/q-1;+2;;+2;;2*-1/p-2. The van der Waals surface area contributed by atoms with E-state index in [0.717, 1.165) is 35.5 Å². The van der Waals surface area contributed by atoms with Crippen molar-refractivity contribution < 1.29 is 31.3 Å². The molecule has 4 aliphatic carbocycles. The number of halogens is 1. The smallest absolute Gasteiger partial charge is 1.00 e. The number of hydrogen-bond donors (Lipinski definition) is 9. The van der Waals surface area contributed by atoms with E-state index in [-0.39, 0.29) is 51.7 Å². The van der Waals surface area contributed by atoms with Crippen LogP contribution in [0.4, 0.5) is 0 Å². The number of hydrogen-bond acceptors (Lipinski definition) is 10. The van der Waals surface area contributed by atoms with Crippen molar-refractivity contribution in [3.63, 3.8) is 0 Å². The first kappa shape index (κ1) is 38.8. The fourth-order valence-corrected chi connectivity index (χ4v) is 11.7. The molecule has 9 aliphatic rings. The Kier molecular flexibility index (Phi) is 14.9. The van der Waals surface area contributed by atoms with Gasteiger partial charge in [-0.15, -0.1) is 5.92 Å². The predicted molar refractivity (Wildman–Crippen MR) is 182 cm³/mol. The van der Waals surface area contributed by atoms with Crippen LogP contribution in [0.2, 0.25) is 0 Å². The molecule has 47 heavy (non-hydrogen) atoms. The molecule has 9 rings (SSSR count). The molecule has 0 amide bonds. The topological polar surface area (TPSA) is 157 Å². The predicted octanol–water partition coefficient (Wildman–Crippen LogP) is 2.29. The molecule has 0 spiro atoms. The van der Waals surface area contributed by atoms with Crippen LogP contribution in [0.1, 0.15) is 99.2 Å². The summed E-state index contributed by atoms with van der Waals surface area (Å²) < 4.78 is 24.1. The number of rotatable bonds is 0. The van der Waals surface area contributed by atoms with Crippen molar-refractivity contribution in [3.05, 3.63) is 6.42 Å². The minimum absolute atomic E-state index is 0. The molecule has 0 aromatic carbocycles. The van der Waals surface area contributed by atoms with Crippen molar-refractivity contribution in [2.24, 2.45) is 47.3 Å². The summed E-state index contributed by atoms with van der Waals surface area (Å²) in [6.45, 7) is 0. The maximum atomic E-state index is 8.56. The summed E-state index contributed by atoms with van der Waals surface area (Å²) in [7, 11) is 4.20. The van der Waals surface area contributed by atoms with Crippen LogP contribution in [0.25, 0.3) is 0 Å². The van der Waals surface area contributed by atoms with Crippen LogP contribution in [0, 0.1) is 53.8 Å². The van der Waals surface area contributed by atoms with E-state index in [0.29, 0.717) is 61.2 Å². The second-order valence-electron chi connectivity index (χ2n) is 15.6. The molecule has 15 heteroatoms. The van der Waals surface area contributed by atoms with Crippen LogP contribution < -0.4 is 42.5 Å². The molecule has 17 atom stereocenters. The summed E-state index contributed by atoms with van der Waals surface area (Å²) >= 11 is 0.799. The van der Waals surface area contributed by atoms with E-state index in [9.17, 15) is 0 Å². The number of fused-ring (bicyclic) bond motifs is 20. The van der Waals surface area contributed by atoms with E-state index >= 15 is 0 Å². The Balaban J connectivity index is 0.000000564. The Hall–Kier alpha value is 2.13. The molecule has 0 aromatic heterocycles. The third-order valence-electron chi connectivity index (χ3n) is 13.6. The minimum atomic E-state index is -2.86. The van der Waals surface area contributed by atoms with Gasteiger partial charge in [0.1, 0.15) is 0 Å². The Morgan fingerprint density at radius 1 is 0.532 bits per heavy atom. The molecule has 5 heterocycles. The average molecular weight is 871 g/mol. The van der Waals surface area contributed by atoms with Crippen LogP contribution in [0.5, 0.6) is 0 Å². The van der Waals surface area contributed by atoms with Gasteiger partial charge in [-0.2, -0.15) is 6.42 Å². The van der Waals surface area contributed by atoms with E-state index in [2.05, 4.69) is 74.2 Å². The molecule has 11 nitrogen and oxygen atoms in total. The Morgan fingerprint density at radius 3 is 1.06 bits per heavy atom. The molecule has 9 N–H and O–H groups in total. The van der Waals surface area contributed by atoms with Crippen molar-refractivity contribution in [2.45, 2.75) is 146 Å². The molecule has 8 bridgehead atoms. The fraction of sp³-hybridized carbons (Fsp3) is 0.969. The van der Waals surface area contributed by atoms with Gasteiger partial charge < -0.3 is 18.4 Å². The van der Waals surface area contributed by atoms with Crippen molar-refractivity contribution in [2.75, 3.05) is 0 Å². The monoisotopic (exact) mass is 870 g/mol. The first-order valence-corrected chi connectivity index (χ1v) is 20.7. The molecule has 5 saturated heterocycles.